The molecule has 2 aromatic carbocycles. The first-order chi connectivity index (χ1) is 11.5. The summed E-state index contributed by atoms with van der Waals surface area (Å²) >= 11 is 9.18. The van der Waals surface area contributed by atoms with Crippen LogP contribution in [0.1, 0.15) is 18.5 Å². The lowest BCUT2D eigenvalue weighted by atomic mass is 10.1. The fourth-order valence-electron chi connectivity index (χ4n) is 2.00. The van der Waals surface area contributed by atoms with Crippen LogP contribution in [-0.4, -0.2) is 18.5 Å². The Morgan fingerprint density at radius 1 is 1.12 bits per heavy atom. The number of carbonyl (C=O) groups is 2. The maximum Gasteiger partial charge on any atom is 0.315 e. The standard InChI is InChI=1S/C17H17BrClN3O2/c1-11(12-6-8-13(19)9-7-12)21-17(24)20-10-16(23)22-15-5-3-2-4-14(15)18/h2-9,11H,10H2,1H3,(H,22,23)(H2,20,21,24). The van der Waals surface area contributed by atoms with E-state index in [1.807, 2.05) is 37.3 Å². The zero-order valence-electron chi connectivity index (χ0n) is 13.0. The Balaban J connectivity index is 1.79. The Hall–Kier alpha value is -2.05. The lowest BCUT2D eigenvalue weighted by molar-refractivity contribution is -0.115. The van der Waals surface area contributed by atoms with Crippen LogP contribution < -0.4 is 16.0 Å². The molecule has 5 nitrogen and oxygen atoms in total. The summed E-state index contributed by atoms with van der Waals surface area (Å²) in [6, 6.07) is 13.8. The lowest BCUT2D eigenvalue weighted by Crippen LogP contribution is -2.41. The number of urea groups is 1. The molecule has 0 bridgehead atoms. The van der Waals surface area contributed by atoms with Gasteiger partial charge < -0.3 is 16.0 Å². The normalized spacial score (nSPS) is 11.5. The predicted molar refractivity (Wildman–Crippen MR) is 99.2 cm³/mol. The third-order valence-corrected chi connectivity index (χ3v) is 4.22. The molecule has 126 valence electrons. The van der Waals surface area contributed by atoms with Gasteiger partial charge in [-0.25, -0.2) is 4.79 Å². The zero-order chi connectivity index (χ0) is 17.5. The number of anilines is 1. The van der Waals surface area contributed by atoms with Gasteiger partial charge in [0.25, 0.3) is 0 Å². The van der Waals surface area contributed by atoms with Crippen LogP contribution in [0.15, 0.2) is 53.0 Å². The summed E-state index contributed by atoms with van der Waals surface area (Å²) in [7, 11) is 0. The van der Waals surface area contributed by atoms with Crippen molar-refractivity contribution in [2.75, 3.05) is 11.9 Å². The van der Waals surface area contributed by atoms with Crippen molar-refractivity contribution < 1.29 is 9.59 Å². The third-order valence-electron chi connectivity index (χ3n) is 3.28. The van der Waals surface area contributed by atoms with Crippen LogP contribution >= 0.6 is 27.5 Å². The molecule has 0 aliphatic heterocycles. The van der Waals surface area contributed by atoms with E-state index in [0.29, 0.717) is 10.7 Å². The van der Waals surface area contributed by atoms with Gasteiger partial charge in [0.05, 0.1) is 18.3 Å². The van der Waals surface area contributed by atoms with Gasteiger partial charge in [-0.2, -0.15) is 0 Å². The number of para-hydroxylation sites is 1. The number of hydrogen-bond acceptors (Lipinski definition) is 2. The molecule has 0 saturated carbocycles. The number of benzene rings is 2. The lowest BCUT2D eigenvalue weighted by Gasteiger charge is -2.15. The molecule has 3 amide bonds. The second-order valence-electron chi connectivity index (χ2n) is 5.13. The Morgan fingerprint density at radius 2 is 1.79 bits per heavy atom. The quantitative estimate of drug-likeness (QED) is 0.694. The highest BCUT2D eigenvalue weighted by Crippen LogP contribution is 2.20. The van der Waals surface area contributed by atoms with Gasteiger partial charge in [-0.3, -0.25) is 4.79 Å². The van der Waals surface area contributed by atoms with Gasteiger partial charge in [0.2, 0.25) is 5.91 Å². The van der Waals surface area contributed by atoms with Crippen LogP contribution in [0.2, 0.25) is 5.02 Å². The minimum absolute atomic E-state index is 0.124. The average Bonchev–Trinajstić information content (AvgIpc) is 2.55. The van der Waals surface area contributed by atoms with E-state index in [1.54, 1.807) is 18.2 Å². The van der Waals surface area contributed by atoms with E-state index in [9.17, 15) is 9.59 Å². The first-order valence-electron chi connectivity index (χ1n) is 7.30. The van der Waals surface area contributed by atoms with Crippen molar-refractivity contribution in [2.24, 2.45) is 0 Å². The van der Waals surface area contributed by atoms with Gasteiger partial charge in [0.1, 0.15) is 0 Å². The Kier molecular flexibility index (Phi) is 6.63. The number of carbonyl (C=O) groups excluding carboxylic acids is 2. The fourth-order valence-corrected chi connectivity index (χ4v) is 2.51. The number of hydrogen-bond donors (Lipinski definition) is 3. The average molecular weight is 411 g/mol. The molecular weight excluding hydrogens is 394 g/mol. The van der Waals surface area contributed by atoms with E-state index in [1.165, 1.54) is 0 Å². The molecular formula is C17H17BrClN3O2. The van der Waals surface area contributed by atoms with Crippen molar-refractivity contribution in [1.82, 2.24) is 10.6 Å². The van der Waals surface area contributed by atoms with Gasteiger partial charge in [0, 0.05) is 9.50 Å². The molecule has 3 N–H and O–H groups in total. The monoisotopic (exact) mass is 409 g/mol. The summed E-state index contributed by atoms with van der Waals surface area (Å²) in [5.41, 5.74) is 1.58. The van der Waals surface area contributed by atoms with Crippen LogP contribution in [-0.2, 0) is 4.79 Å². The molecule has 0 aliphatic rings. The molecule has 1 atom stereocenters. The number of rotatable bonds is 5. The summed E-state index contributed by atoms with van der Waals surface area (Å²) in [6.07, 6.45) is 0. The van der Waals surface area contributed by atoms with Gasteiger partial charge in [-0.1, -0.05) is 35.9 Å². The van der Waals surface area contributed by atoms with Crippen molar-refractivity contribution in [3.63, 3.8) is 0 Å². The van der Waals surface area contributed by atoms with Crippen LogP contribution in [0.3, 0.4) is 0 Å². The van der Waals surface area contributed by atoms with E-state index in [4.69, 9.17) is 11.6 Å². The van der Waals surface area contributed by atoms with Crippen molar-refractivity contribution in [3.05, 3.63) is 63.6 Å². The Morgan fingerprint density at radius 3 is 2.46 bits per heavy atom. The summed E-state index contributed by atoms with van der Waals surface area (Å²) in [4.78, 5) is 23.8. The molecule has 0 radical (unpaired) electrons. The first-order valence-corrected chi connectivity index (χ1v) is 8.47. The minimum atomic E-state index is -0.417. The number of nitrogens with one attached hydrogen (secondary N) is 3. The van der Waals surface area contributed by atoms with Crippen molar-refractivity contribution in [2.45, 2.75) is 13.0 Å². The summed E-state index contributed by atoms with van der Waals surface area (Å²) in [6.45, 7) is 1.73. The van der Waals surface area contributed by atoms with Gasteiger partial charge in [-0.05, 0) is 52.7 Å². The maximum absolute atomic E-state index is 11.9. The van der Waals surface area contributed by atoms with Crippen LogP contribution in [0.25, 0.3) is 0 Å². The summed E-state index contributed by atoms with van der Waals surface area (Å²) in [5.74, 6) is -0.309. The van der Waals surface area contributed by atoms with E-state index >= 15 is 0 Å². The SMILES string of the molecule is CC(NC(=O)NCC(=O)Nc1ccccc1Br)c1ccc(Cl)cc1. The molecule has 0 aliphatic carbocycles. The van der Waals surface area contributed by atoms with E-state index in [2.05, 4.69) is 31.9 Å². The molecule has 7 heteroatoms. The van der Waals surface area contributed by atoms with Gasteiger partial charge >= 0.3 is 6.03 Å². The molecule has 0 aromatic heterocycles. The topological polar surface area (TPSA) is 70.2 Å². The Labute approximate surface area is 153 Å². The smallest absolute Gasteiger partial charge is 0.315 e. The Bertz CT molecular complexity index is 722. The molecule has 2 rings (SSSR count). The third kappa shape index (κ3) is 5.54. The maximum atomic E-state index is 11.9. The van der Waals surface area contributed by atoms with E-state index in [-0.39, 0.29) is 18.5 Å². The highest BCUT2D eigenvalue weighted by Gasteiger charge is 2.11. The van der Waals surface area contributed by atoms with E-state index < -0.39 is 6.03 Å². The van der Waals surface area contributed by atoms with Crippen LogP contribution in [0, 0.1) is 0 Å². The van der Waals surface area contributed by atoms with Crippen molar-refractivity contribution >= 4 is 45.2 Å². The largest absolute Gasteiger partial charge is 0.332 e. The molecule has 0 saturated heterocycles. The number of halogens is 2. The second-order valence-corrected chi connectivity index (χ2v) is 6.42. The molecule has 24 heavy (non-hydrogen) atoms. The van der Waals surface area contributed by atoms with Gasteiger partial charge in [0.15, 0.2) is 0 Å². The van der Waals surface area contributed by atoms with Crippen molar-refractivity contribution in [1.29, 1.82) is 0 Å². The minimum Gasteiger partial charge on any atom is -0.332 e. The van der Waals surface area contributed by atoms with Crippen LogP contribution in [0.4, 0.5) is 10.5 Å². The van der Waals surface area contributed by atoms with Crippen molar-refractivity contribution in [3.8, 4) is 0 Å². The second kappa shape index (κ2) is 8.70. The number of amides is 3. The highest BCUT2D eigenvalue weighted by atomic mass is 79.9. The van der Waals surface area contributed by atoms with Crippen LogP contribution in [0.5, 0.6) is 0 Å². The van der Waals surface area contributed by atoms with E-state index in [0.717, 1.165) is 10.0 Å². The summed E-state index contributed by atoms with van der Waals surface area (Å²) in [5, 5.41) is 8.65. The molecule has 2 aromatic rings. The van der Waals surface area contributed by atoms with Gasteiger partial charge in [-0.15, -0.1) is 0 Å². The predicted octanol–water partition coefficient (Wildman–Crippen LogP) is 4.10. The molecule has 0 fully saturated rings. The first kappa shape index (κ1) is 18.3. The highest BCUT2D eigenvalue weighted by molar-refractivity contribution is 9.10. The molecule has 0 heterocycles. The summed E-state index contributed by atoms with van der Waals surface area (Å²) < 4.78 is 0.777. The molecule has 1 unspecified atom stereocenters. The zero-order valence-corrected chi connectivity index (χ0v) is 15.3. The molecule has 0 spiro atoms. The fraction of sp³-hybridized carbons (Fsp3) is 0.176.